The number of hydrogen-bond acceptors (Lipinski definition) is 4. The van der Waals surface area contributed by atoms with Gasteiger partial charge < -0.3 is 14.8 Å². The number of rotatable bonds is 9. The Bertz CT molecular complexity index is 331. The molecule has 0 bridgehead atoms. The van der Waals surface area contributed by atoms with Gasteiger partial charge in [-0.2, -0.15) is 0 Å². The summed E-state index contributed by atoms with van der Waals surface area (Å²) < 4.78 is 10.6. The van der Waals surface area contributed by atoms with E-state index < -0.39 is 0 Å². The van der Waals surface area contributed by atoms with Crippen LogP contribution >= 0.6 is 0 Å². The summed E-state index contributed by atoms with van der Waals surface area (Å²) in [6, 6.07) is 2.36. The Morgan fingerprint density at radius 3 is 2.83 bits per heavy atom. The summed E-state index contributed by atoms with van der Waals surface area (Å²) in [6.45, 7) is 7.09. The van der Waals surface area contributed by atoms with Gasteiger partial charge in [-0.05, 0) is 31.0 Å². The number of methoxy groups -OCH3 is 1. The Kier molecular flexibility index (Phi) is 7.57. The molecule has 1 N–H and O–H groups in total. The number of nitrogens with zero attached hydrogens (tertiary/aromatic N) is 1. The first-order valence-electron chi connectivity index (χ1n) is 6.49. The SMILES string of the molecule is CCCNC(COCCOC)c1cncc(C)c1. The molecule has 0 radical (unpaired) electrons. The Hall–Kier alpha value is -0.970. The van der Waals surface area contributed by atoms with Crippen molar-refractivity contribution in [1.82, 2.24) is 10.3 Å². The molecule has 1 atom stereocenters. The zero-order valence-electron chi connectivity index (χ0n) is 11.6. The van der Waals surface area contributed by atoms with E-state index in [9.17, 15) is 0 Å². The summed E-state index contributed by atoms with van der Waals surface area (Å²) in [6.07, 6.45) is 4.87. The van der Waals surface area contributed by atoms with Crippen LogP contribution in [-0.2, 0) is 9.47 Å². The van der Waals surface area contributed by atoms with Crippen molar-refractivity contribution in [3.05, 3.63) is 29.6 Å². The third-order valence-electron chi connectivity index (χ3n) is 2.66. The first-order valence-corrected chi connectivity index (χ1v) is 6.49. The molecule has 0 fully saturated rings. The molecule has 0 aromatic carbocycles. The third-order valence-corrected chi connectivity index (χ3v) is 2.66. The van der Waals surface area contributed by atoms with Gasteiger partial charge in [0.25, 0.3) is 0 Å². The Morgan fingerprint density at radius 1 is 1.33 bits per heavy atom. The molecule has 102 valence electrons. The van der Waals surface area contributed by atoms with Crippen LogP contribution in [-0.4, -0.2) is 38.5 Å². The average molecular weight is 252 g/mol. The normalized spacial score (nSPS) is 12.6. The molecule has 1 aromatic heterocycles. The molecule has 0 saturated heterocycles. The van der Waals surface area contributed by atoms with Crippen molar-refractivity contribution in [2.75, 3.05) is 33.5 Å². The largest absolute Gasteiger partial charge is 0.382 e. The summed E-state index contributed by atoms with van der Waals surface area (Å²) in [5.74, 6) is 0. The molecule has 0 aliphatic carbocycles. The van der Waals surface area contributed by atoms with E-state index in [1.807, 2.05) is 12.4 Å². The zero-order valence-corrected chi connectivity index (χ0v) is 11.6. The fraction of sp³-hybridized carbons (Fsp3) is 0.643. The molecule has 0 saturated carbocycles. The summed E-state index contributed by atoms with van der Waals surface area (Å²) in [5, 5.41) is 3.48. The van der Waals surface area contributed by atoms with Gasteiger partial charge in [0.2, 0.25) is 0 Å². The molecule has 18 heavy (non-hydrogen) atoms. The highest BCUT2D eigenvalue weighted by molar-refractivity contribution is 5.20. The van der Waals surface area contributed by atoms with Crippen LogP contribution in [0.1, 0.15) is 30.5 Å². The minimum absolute atomic E-state index is 0.203. The lowest BCUT2D eigenvalue weighted by molar-refractivity contribution is 0.0585. The molecular weight excluding hydrogens is 228 g/mol. The van der Waals surface area contributed by atoms with Crippen molar-refractivity contribution in [3.63, 3.8) is 0 Å². The van der Waals surface area contributed by atoms with Gasteiger partial charge in [-0.25, -0.2) is 0 Å². The average Bonchev–Trinajstić information content (AvgIpc) is 2.38. The fourth-order valence-electron chi connectivity index (χ4n) is 1.70. The zero-order chi connectivity index (χ0) is 13.2. The van der Waals surface area contributed by atoms with E-state index in [2.05, 4.69) is 30.2 Å². The summed E-state index contributed by atoms with van der Waals surface area (Å²) in [5.41, 5.74) is 2.36. The number of ether oxygens (including phenoxy) is 2. The van der Waals surface area contributed by atoms with E-state index in [-0.39, 0.29) is 6.04 Å². The van der Waals surface area contributed by atoms with Crippen molar-refractivity contribution in [2.24, 2.45) is 0 Å². The second-order valence-corrected chi connectivity index (χ2v) is 4.37. The van der Waals surface area contributed by atoms with E-state index in [0.717, 1.165) is 13.0 Å². The predicted octanol–water partition coefficient (Wildman–Crippen LogP) is 2.09. The van der Waals surface area contributed by atoms with Crippen molar-refractivity contribution in [3.8, 4) is 0 Å². The van der Waals surface area contributed by atoms with Gasteiger partial charge in [0, 0.05) is 19.5 Å². The highest BCUT2D eigenvalue weighted by atomic mass is 16.5. The molecule has 0 amide bonds. The third kappa shape index (κ3) is 5.58. The summed E-state index contributed by atoms with van der Waals surface area (Å²) >= 11 is 0. The van der Waals surface area contributed by atoms with Gasteiger partial charge >= 0.3 is 0 Å². The fourth-order valence-corrected chi connectivity index (χ4v) is 1.70. The highest BCUT2D eigenvalue weighted by Crippen LogP contribution is 2.13. The van der Waals surface area contributed by atoms with Crippen molar-refractivity contribution in [2.45, 2.75) is 26.3 Å². The molecule has 0 aliphatic heterocycles. The number of hydrogen-bond donors (Lipinski definition) is 1. The van der Waals surface area contributed by atoms with Crippen LogP contribution in [0.5, 0.6) is 0 Å². The number of aryl methyl sites for hydroxylation is 1. The molecule has 1 aromatic rings. The monoisotopic (exact) mass is 252 g/mol. The summed E-state index contributed by atoms with van der Waals surface area (Å²) in [7, 11) is 1.68. The minimum atomic E-state index is 0.203. The second-order valence-electron chi connectivity index (χ2n) is 4.37. The van der Waals surface area contributed by atoms with E-state index in [1.165, 1.54) is 11.1 Å². The van der Waals surface area contributed by atoms with Crippen LogP contribution in [0.15, 0.2) is 18.5 Å². The van der Waals surface area contributed by atoms with Gasteiger partial charge in [0.1, 0.15) is 0 Å². The smallest absolute Gasteiger partial charge is 0.0701 e. The van der Waals surface area contributed by atoms with Crippen molar-refractivity contribution in [1.29, 1.82) is 0 Å². The van der Waals surface area contributed by atoms with Crippen LogP contribution in [0.25, 0.3) is 0 Å². The molecule has 0 spiro atoms. The quantitative estimate of drug-likeness (QED) is 0.683. The van der Waals surface area contributed by atoms with Gasteiger partial charge in [0.05, 0.1) is 25.9 Å². The maximum atomic E-state index is 5.61. The first kappa shape index (κ1) is 15.1. The van der Waals surface area contributed by atoms with Crippen LogP contribution in [0, 0.1) is 6.92 Å². The Labute approximate surface area is 110 Å². The van der Waals surface area contributed by atoms with Crippen molar-refractivity contribution < 1.29 is 9.47 Å². The van der Waals surface area contributed by atoms with Crippen molar-refractivity contribution >= 4 is 0 Å². The van der Waals surface area contributed by atoms with E-state index in [4.69, 9.17) is 9.47 Å². The lowest BCUT2D eigenvalue weighted by Gasteiger charge is -2.19. The molecule has 4 nitrogen and oxygen atoms in total. The van der Waals surface area contributed by atoms with Gasteiger partial charge in [0.15, 0.2) is 0 Å². The lowest BCUT2D eigenvalue weighted by atomic mass is 10.1. The maximum absolute atomic E-state index is 5.61. The first-order chi connectivity index (χ1) is 8.77. The maximum Gasteiger partial charge on any atom is 0.0701 e. The van der Waals surface area contributed by atoms with Crippen LogP contribution in [0.3, 0.4) is 0 Å². The topological polar surface area (TPSA) is 43.4 Å². The predicted molar refractivity (Wildman–Crippen MR) is 72.7 cm³/mol. The number of aromatic nitrogens is 1. The molecule has 1 unspecified atom stereocenters. The van der Waals surface area contributed by atoms with Crippen LogP contribution < -0.4 is 5.32 Å². The Balaban J connectivity index is 2.54. The molecule has 4 heteroatoms. The van der Waals surface area contributed by atoms with Crippen LogP contribution in [0.2, 0.25) is 0 Å². The Morgan fingerprint density at radius 2 is 2.17 bits per heavy atom. The number of pyridine rings is 1. The standard InChI is InChI=1S/C14H24N2O2/c1-4-5-16-14(11-18-7-6-17-3)13-8-12(2)9-15-10-13/h8-10,14,16H,4-7,11H2,1-3H3. The molecule has 1 rings (SSSR count). The highest BCUT2D eigenvalue weighted by Gasteiger charge is 2.11. The van der Waals surface area contributed by atoms with E-state index in [1.54, 1.807) is 7.11 Å². The molecular formula is C14H24N2O2. The van der Waals surface area contributed by atoms with Gasteiger partial charge in [-0.1, -0.05) is 13.0 Å². The van der Waals surface area contributed by atoms with Gasteiger partial charge in [-0.3, -0.25) is 4.98 Å². The number of nitrogens with one attached hydrogen (secondary N) is 1. The summed E-state index contributed by atoms with van der Waals surface area (Å²) in [4.78, 5) is 4.24. The minimum Gasteiger partial charge on any atom is -0.382 e. The van der Waals surface area contributed by atoms with E-state index >= 15 is 0 Å². The van der Waals surface area contributed by atoms with E-state index in [0.29, 0.717) is 19.8 Å². The lowest BCUT2D eigenvalue weighted by Crippen LogP contribution is -2.27. The molecule has 1 heterocycles. The van der Waals surface area contributed by atoms with Crippen LogP contribution in [0.4, 0.5) is 0 Å². The van der Waals surface area contributed by atoms with Gasteiger partial charge in [-0.15, -0.1) is 0 Å². The molecule has 0 aliphatic rings. The second kappa shape index (κ2) is 9.03.